The van der Waals surface area contributed by atoms with Gasteiger partial charge in [-0.15, -0.1) is 0 Å². The topological polar surface area (TPSA) is 0 Å². The number of alkyl halides is 1. The minimum atomic E-state index is 0.595. The third-order valence-electron chi connectivity index (χ3n) is 4.14. The molecule has 3 aliphatic carbocycles. The lowest BCUT2D eigenvalue weighted by Gasteiger charge is -2.69. The van der Waals surface area contributed by atoms with Gasteiger partial charge in [0, 0.05) is 3.42 Å². The van der Waals surface area contributed by atoms with Crippen LogP contribution in [0.1, 0.15) is 36.0 Å². The summed E-state index contributed by atoms with van der Waals surface area (Å²) < 4.78 is 0.688. The van der Waals surface area contributed by atoms with Crippen molar-refractivity contribution in [3.05, 3.63) is 34.9 Å². The summed E-state index contributed by atoms with van der Waals surface area (Å²) in [7, 11) is 0. The molecule has 0 heterocycles. The molecule has 3 fully saturated rings. The second-order valence-corrected chi connectivity index (χ2v) is 7.50. The lowest BCUT2D eigenvalue weighted by atomic mass is 9.41. The molecule has 1 aromatic rings. The number of hydrogen-bond acceptors (Lipinski definition) is 0. The zero-order valence-electron chi connectivity index (χ0n) is 8.73. The highest BCUT2D eigenvalue weighted by atomic mass is 127. The lowest BCUT2D eigenvalue weighted by molar-refractivity contribution is 0.0214. The summed E-state index contributed by atoms with van der Waals surface area (Å²) in [6.07, 6.45) is 4.26. The first kappa shape index (κ1) is 9.20. The van der Waals surface area contributed by atoms with Crippen LogP contribution in [-0.2, 0) is 5.41 Å². The van der Waals surface area contributed by atoms with Crippen molar-refractivity contribution in [3.63, 3.8) is 0 Å². The van der Waals surface area contributed by atoms with Crippen molar-refractivity contribution in [2.45, 2.75) is 41.9 Å². The van der Waals surface area contributed by atoms with Gasteiger partial charge in [-0.3, -0.25) is 0 Å². The molecule has 74 valence electrons. The van der Waals surface area contributed by atoms with Crippen molar-refractivity contribution < 1.29 is 0 Å². The molecule has 4 rings (SSSR count). The van der Waals surface area contributed by atoms with Crippen LogP contribution in [0.15, 0.2) is 18.2 Å². The van der Waals surface area contributed by atoms with Crippen LogP contribution in [0.4, 0.5) is 0 Å². The molecule has 0 amide bonds. The molecule has 0 N–H and O–H groups in total. The van der Waals surface area contributed by atoms with E-state index in [4.69, 9.17) is 0 Å². The Labute approximate surface area is 99.2 Å². The minimum Gasteiger partial charge on any atom is -0.0788 e. The Morgan fingerprint density at radius 1 is 1.14 bits per heavy atom. The van der Waals surface area contributed by atoms with Gasteiger partial charge in [-0.1, -0.05) is 40.8 Å². The first-order chi connectivity index (χ1) is 6.55. The molecular weight excluding hydrogens is 283 g/mol. The smallest absolute Gasteiger partial charge is 0.0247 e. The molecule has 0 spiro atoms. The summed E-state index contributed by atoms with van der Waals surface area (Å²) in [5.41, 5.74) is 5.22. The van der Waals surface area contributed by atoms with Crippen molar-refractivity contribution in [3.8, 4) is 0 Å². The summed E-state index contributed by atoms with van der Waals surface area (Å²) in [5, 5.41) is 0. The molecule has 0 atom stereocenters. The van der Waals surface area contributed by atoms with Crippen LogP contribution >= 0.6 is 22.6 Å². The molecule has 1 aromatic carbocycles. The van der Waals surface area contributed by atoms with Crippen molar-refractivity contribution in [1.29, 1.82) is 0 Å². The fraction of sp³-hybridized carbons (Fsp3) is 0.538. The zero-order chi connectivity index (χ0) is 9.97. The first-order valence-corrected chi connectivity index (χ1v) is 6.38. The zero-order valence-corrected chi connectivity index (χ0v) is 10.9. The highest BCUT2D eigenvalue weighted by Gasteiger charge is 2.67. The van der Waals surface area contributed by atoms with E-state index in [9.17, 15) is 0 Å². The van der Waals surface area contributed by atoms with E-state index in [-0.39, 0.29) is 0 Å². The Hall–Kier alpha value is -0.0500. The van der Waals surface area contributed by atoms with Gasteiger partial charge in [-0.25, -0.2) is 0 Å². The average Bonchev–Trinajstić information content (AvgIpc) is 2.03. The molecule has 1 heteroatoms. The lowest BCUT2D eigenvalue weighted by Crippen LogP contribution is -2.66. The van der Waals surface area contributed by atoms with Gasteiger partial charge in [0.15, 0.2) is 0 Å². The summed E-state index contributed by atoms with van der Waals surface area (Å²) >= 11 is 2.65. The number of benzene rings is 1. The van der Waals surface area contributed by atoms with Crippen molar-refractivity contribution >= 4 is 22.6 Å². The van der Waals surface area contributed by atoms with E-state index in [0.29, 0.717) is 8.84 Å². The Morgan fingerprint density at radius 3 is 2.36 bits per heavy atom. The molecule has 0 saturated heterocycles. The van der Waals surface area contributed by atoms with Crippen molar-refractivity contribution in [2.75, 3.05) is 0 Å². The van der Waals surface area contributed by atoms with Crippen LogP contribution in [-0.4, -0.2) is 3.42 Å². The second-order valence-electron chi connectivity index (χ2n) is 5.21. The number of hydrogen-bond donors (Lipinski definition) is 0. The Kier molecular flexibility index (Phi) is 1.67. The third kappa shape index (κ3) is 0.995. The van der Waals surface area contributed by atoms with Crippen LogP contribution in [0.3, 0.4) is 0 Å². The van der Waals surface area contributed by atoms with Gasteiger partial charge in [0.05, 0.1) is 0 Å². The molecule has 0 unspecified atom stereocenters. The van der Waals surface area contributed by atoms with Crippen LogP contribution < -0.4 is 0 Å². The quantitative estimate of drug-likeness (QED) is 0.544. The van der Waals surface area contributed by atoms with E-state index in [2.05, 4.69) is 54.6 Å². The molecule has 0 aromatic heterocycles. The van der Waals surface area contributed by atoms with E-state index in [0.717, 1.165) is 0 Å². The average molecular weight is 298 g/mol. The predicted molar refractivity (Wildman–Crippen MR) is 68.2 cm³/mol. The van der Waals surface area contributed by atoms with Crippen molar-refractivity contribution in [1.82, 2.24) is 0 Å². The second kappa shape index (κ2) is 2.55. The van der Waals surface area contributed by atoms with E-state index >= 15 is 0 Å². The number of aryl methyl sites for hydroxylation is 1. The first-order valence-electron chi connectivity index (χ1n) is 5.30. The highest BCUT2D eigenvalue weighted by Crippen LogP contribution is 2.72. The molecule has 0 nitrogen and oxygen atoms in total. The van der Waals surface area contributed by atoms with Gasteiger partial charge in [0.25, 0.3) is 0 Å². The Balaban J connectivity index is 2.02. The van der Waals surface area contributed by atoms with E-state index in [1.165, 1.54) is 30.4 Å². The van der Waals surface area contributed by atoms with Gasteiger partial charge in [0.1, 0.15) is 0 Å². The SMILES string of the molecule is Cc1cccc(C23CC(I)(C2)C3)c1C. The van der Waals surface area contributed by atoms with Gasteiger partial charge in [-0.2, -0.15) is 0 Å². The number of rotatable bonds is 1. The van der Waals surface area contributed by atoms with Gasteiger partial charge < -0.3 is 0 Å². The molecule has 3 aliphatic rings. The molecular formula is C13H15I. The van der Waals surface area contributed by atoms with E-state index < -0.39 is 0 Å². The third-order valence-corrected chi connectivity index (χ3v) is 5.29. The highest BCUT2D eigenvalue weighted by molar-refractivity contribution is 14.1. The Morgan fingerprint density at radius 2 is 1.79 bits per heavy atom. The standard InChI is InChI=1S/C13H15I/c1-9-4-3-5-11(10(9)2)12-6-13(14,7-12)8-12/h3-5H,6-8H2,1-2H3. The van der Waals surface area contributed by atoms with Crippen LogP contribution in [0.2, 0.25) is 0 Å². The Bertz CT molecular complexity index is 386. The van der Waals surface area contributed by atoms with Crippen molar-refractivity contribution in [2.24, 2.45) is 0 Å². The van der Waals surface area contributed by atoms with E-state index in [1.54, 1.807) is 5.56 Å². The van der Waals surface area contributed by atoms with Crippen LogP contribution in [0.5, 0.6) is 0 Å². The van der Waals surface area contributed by atoms with Gasteiger partial charge in [-0.05, 0) is 55.2 Å². The van der Waals surface area contributed by atoms with Crippen LogP contribution in [0, 0.1) is 13.8 Å². The molecule has 14 heavy (non-hydrogen) atoms. The summed E-state index contributed by atoms with van der Waals surface area (Å²) in [5.74, 6) is 0. The summed E-state index contributed by atoms with van der Waals surface area (Å²) in [6, 6.07) is 6.79. The maximum atomic E-state index is 2.65. The predicted octanol–water partition coefficient (Wildman–Crippen LogP) is 3.91. The maximum Gasteiger partial charge on any atom is 0.0247 e. The molecule has 0 aliphatic heterocycles. The summed E-state index contributed by atoms with van der Waals surface area (Å²) in [4.78, 5) is 0. The largest absolute Gasteiger partial charge is 0.0788 e. The van der Waals surface area contributed by atoms with Crippen LogP contribution in [0.25, 0.3) is 0 Å². The van der Waals surface area contributed by atoms with Gasteiger partial charge >= 0.3 is 0 Å². The number of halogens is 1. The fourth-order valence-corrected chi connectivity index (χ4v) is 5.47. The fourth-order valence-electron chi connectivity index (χ4n) is 3.28. The summed E-state index contributed by atoms with van der Waals surface area (Å²) in [6.45, 7) is 4.51. The maximum absolute atomic E-state index is 2.65. The molecule has 0 radical (unpaired) electrons. The molecule has 2 bridgehead atoms. The normalized spacial score (nSPS) is 38.8. The molecule has 3 saturated carbocycles. The minimum absolute atomic E-state index is 0.595. The monoisotopic (exact) mass is 298 g/mol. The van der Waals surface area contributed by atoms with Gasteiger partial charge in [0.2, 0.25) is 0 Å². The van der Waals surface area contributed by atoms with E-state index in [1.807, 2.05) is 0 Å².